The molecule has 0 bridgehead atoms. The molecule has 2 rings (SSSR count). The monoisotopic (exact) mass is 310 g/mol. The number of rotatable bonds is 8. The first-order valence-corrected chi connectivity index (χ1v) is 9.13. The van der Waals surface area contributed by atoms with Crippen LogP contribution >= 0.6 is 0 Å². The number of hydrogen-bond donors (Lipinski definition) is 2. The van der Waals surface area contributed by atoms with Gasteiger partial charge in [-0.1, -0.05) is 39.0 Å². The molecule has 21 heavy (non-hydrogen) atoms. The Morgan fingerprint density at radius 2 is 1.95 bits per heavy atom. The maximum atomic E-state index is 12.5. The highest BCUT2D eigenvalue weighted by molar-refractivity contribution is 7.89. The van der Waals surface area contributed by atoms with Gasteiger partial charge in [0, 0.05) is 13.1 Å². The van der Waals surface area contributed by atoms with Gasteiger partial charge in [-0.25, -0.2) is 13.1 Å². The molecule has 4 nitrogen and oxygen atoms in total. The largest absolute Gasteiger partial charge is 0.313 e. The molecule has 1 saturated carbocycles. The minimum atomic E-state index is -3.42. The van der Waals surface area contributed by atoms with E-state index in [2.05, 4.69) is 30.8 Å². The standard InChI is InChI=1S/C16H26N2O2S/c1-4-9-17-11-13-7-5-6-8-15(13)21(19,20)18-12-14-10-16(14,2)3/h5-8,14,17-18H,4,9-12H2,1-3H3. The first-order valence-electron chi connectivity index (χ1n) is 7.65. The highest BCUT2D eigenvalue weighted by Gasteiger charge is 2.45. The Morgan fingerprint density at radius 3 is 2.57 bits per heavy atom. The average Bonchev–Trinajstić information content (AvgIpc) is 3.05. The minimum absolute atomic E-state index is 0.282. The van der Waals surface area contributed by atoms with E-state index in [1.807, 2.05) is 12.1 Å². The Hall–Kier alpha value is -0.910. The molecule has 1 aromatic carbocycles. The maximum Gasteiger partial charge on any atom is 0.240 e. The molecule has 0 saturated heterocycles. The summed E-state index contributed by atoms with van der Waals surface area (Å²) in [5, 5.41) is 3.26. The Morgan fingerprint density at radius 1 is 1.29 bits per heavy atom. The van der Waals surface area contributed by atoms with Crippen LogP contribution < -0.4 is 10.0 Å². The summed E-state index contributed by atoms with van der Waals surface area (Å²) in [6.07, 6.45) is 2.12. The lowest BCUT2D eigenvalue weighted by atomic mass is 10.1. The second kappa shape index (κ2) is 6.46. The van der Waals surface area contributed by atoms with Gasteiger partial charge in [0.25, 0.3) is 0 Å². The molecule has 5 heteroatoms. The molecule has 2 N–H and O–H groups in total. The van der Waals surface area contributed by atoms with Crippen molar-refractivity contribution in [3.8, 4) is 0 Å². The Balaban J connectivity index is 2.04. The second-order valence-electron chi connectivity index (χ2n) is 6.53. The summed E-state index contributed by atoms with van der Waals surface area (Å²) in [6.45, 7) is 8.45. The zero-order valence-corrected chi connectivity index (χ0v) is 14.0. The average molecular weight is 310 g/mol. The van der Waals surface area contributed by atoms with E-state index in [-0.39, 0.29) is 5.41 Å². The number of hydrogen-bond acceptors (Lipinski definition) is 3. The summed E-state index contributed by atoms with van der Waals surface area (Å²) in [6, 6.07) is 7.21. The Bertz CT molecular complexity index is 582. The fraction of sp³-hybridized carbons (Fsp3) is 0.625. The molecule has 0 aromatic heterocycles. The summed E-state index contributed by atoms with van der Waals surface area (Å²) < 4.78 is 27.7. The lowest BCUT2D eigenvalue weighted by Gasteiger charge is -2.12. The molecule has 1 aliphatic rings. The van der Waals surface area contributed by atoms with Crippen LogP contribution in [0.3, 0.4) is 0 Å². The van der Waals surface area contributed by atoms with E-state index in [1.165, 1.54) is 0 Å². The van der Waals surface area contributed by atoms with Crippen molar-refractivity contribution in [2.75, 3.05) is 13.1 Å². The van der Waals surface area contributed by atoms with Crippen molar-refractivity contribution in [2.24, 2.45) is 11.3 Å². The number of sulfonamides is 1. The van der Waals surface area contributed by atoms with E-state index in [9.17, 15) is 8.42 Å². The van der Waals surface area contributed by atoms with E-state index in [4.69, 9.17) is 0 Å². The van der Waals surface area contributed by atoms with Gasteiger partial charge in [0.15, 0.2) is 0 Å². The molecule has 0 heterocycles. The third-order valence-electron chi connectivity index (χ3n) is 4.24. The number of benzene rings is 1. The van der Waals surface area contributed by atoms with Crippen LogP contribution in [0.4, 0.5) is 0 Å². The van der Waals surface area contributed by atoms with Crippen LogP contribution in [0.25, 0.3) is 0 Å². The van der Waals surface area contributed by atoms with E-state index < -0.39 is 10.0 Å². The summed E-state index contributed by atoms with van der Waals surface area (Å²) >= 11 is 0. The van der Waals surface area contributed by atoms with E-state index in [1.54, 1.807) is 12.1 Å². The van der Waals surface area contributed by atoms with Gasteiger partial charge in [-0.3, -0.25) is 0 Å². The van der Waals surface area contributed by atoms with Gasteiger partial charge in [0.1, 0.15) is 0 Å². The fourth-order valence-electron chi connectivity index (χ4n) is 2.52. The van der Waals surface area contributed by atoms with Crippen LogP contribution in [-0.2, 0) is 16.6 Å². The summed E-state index contributed by atoms with van der Waals surface area (Å²) in [5.74, 6) is 0.456. The van der Waals surface area contributed by atoms with Crippen LogP contribution in [0.2, 0.25) is 0 Å². The van der Waals surface area contributed by atoms with Gasteiger partial charge in [0.05, 0.1) is 4.90 Å². The summed E-state index contributed by atoms with van der Waals surface area (Å²) in [4.78, 5) is 0.395. The second-order valence-corrected chi connectivity index (χ2v) is 8.26. The van der Waals surface area contributed by atoms with Crippen molar-refractivity contribution in [1.82, 2.24) is 10.0 Å². The molecule has 0 amide bonds. The van der Waals surface area contributed by atoms with Crippen LogP contribution in [0, 0.1) is 11.3 Å². The lowest BCUT2D eigenvalue weighted by Crippen LogP contribution is -2.28. The normalized spacial score (nSPS) is 20.4. The first kappa shape index (κ1) is 16.5. The smallest absolute Gasteiger partial charge is 0.240 e. The molecule has 1 aliphatic carbocycles. The molecule has 1 fully saturated rings. The van der Waals surface area contributed by atoms with Gasteiger partial charge >= 0.3 is 0 Å². The van der Waals surface area contributed by atoms with Gasteiger partial charge in [-0.15, -0.1) is 0 Å². The van der Waals surface area contributed by atoms with Crippen molar-refractivity contribution >= 4 is 10.0 Å². The molecule has 118 valence electrons. The zero-order chi connectivity index (χ0) is 15.5. The van der Waals surface area contributed by atoms with Crippen LogP contribution in [0.1, 0.15) is 39.2 Å². The van der Waals surface area contributed by atoms with Crippen molar-refractivity contribution in [3.05, 3.63) is 29.8 Å². The molecule has 0 aliphatic heterocycles. The third-order valence-corrected chi connectivity index (χ3v) is 5.77. The first-order chi connectivity index (χ1) is 9.87. The predicted octanol–water partition coefficient (Wildman–Crippen LogP) is 2.51. The number of nitrogens with one attached hydrogen (secondary N) is 2. The van der Waals surface area contributed by atoms with Crippen LogP contribution in [-0.4, -0.2) is 21.5 Å². The Kier molecular flexibility index (Phi) is 5.07. The van der Waals surface area contributed by atoms with Crippen molar-refractivity contribution in [1.29, 1.82) is 0 Å². The zero-order valence-electron chi connectivity index (χ0n) is 13.1. The van der Waals surface area contributed by atoms with Crippen molar-refractivity contribution < 1.29 is 8.42 Å². The lowest BCUT2D eigenvalue weighted by molar-refractivity contribution is 0.536. The molecule has 1 unspecified atom stereocenters. The Labute approximate surface area is 128 Å². The van der Waals surface area contributed by atoms with Gasteiger partial charge in [0.2, 0.25) is 10.0 Å². The fourth-order valence-corrected chi connectivity index (χ4v) is 3.84. The third kappa shape index (κ3) is 4.28. The van der Waals surface area contributed by atoms with Gasteiger partial charge in [-0.2, -0.15) is 0 Å². The topological polar surface area (TPSA) is 58.2 Å². The molecular weight excluding hydrogens is 284 g/mol. The summed E-state index contributed by atoms with van der Waals surface area (Å²) in [5.41, 5.74) is 1.11. The van der Waals surface area contributed by atoms with Crippen LogP contribution in [0.15, 0.2) is 29.2 Å². The minimum Gasteiger partial charge on any atom is -0.313 e. The van der Waals surface area contributed by atoms with E-state index in [0.717, 1.165) is 24.9 Å². The SMILES string of the molecule is CCCNCc1ccccc1S(=O)(=O)NCC1CC1(C)C. The van der Waals surface area contributed by atoms with Crippen LogP contribution in [0.5, 0.6) is 0 Å². The molecule has 1 aromatic rings. The molecular formula is C16H26N2O2S. The van der Waals surface area contributed by atoms with E-state index >= 15 is 0 Å². The quantitative estimate of drug-likeness (QED) is 0.725. The maximum absolute atomic E-state index is 12.5. The molecule has 0 spiro atoms. The highest BCUT2D eigenvalue weighted by Crippen LogP contribution is 2.51. The summed E-state index contributed by atoms with van der Waals surface area (Å²) in [7, 11) is -3.42. The molecule has 0 radical (unpaired) electrons. The van der Waals surface area contributed by atoms with Gasteiger partial charge < -0.3 is 5.32 Å². The van der Waals surface area contributed by atoms with Gasteiger partial charge in [-0.05, 0) is 42.3 Å². The van der Waals surface area contributed by atoms with Crippen molar-refractivity contribution in [2.45, 2.75) is 45.1 Å². The molecule has 1 atom stereocenters. The highest BCUT2D eigenvalue weighted by atomic mass is 32.2. The predicted molar refractivity (Wildman–Crippen MR) is 85.5 cm³/mol. The van der Waals surface area contributed by atoms with Crippen molar-refractivity contribution in [3.63, 3.8) is 0 Å². The van der Waals surface area contributed by atoms with E-state index in [0.29, 0.717) is 23.9 Å².